The van der Waals surface area contributed by atoms with Gasteiger partial charge < -0.3 is 14.8 Å². The fourth-order valence-corrected chi connectivity index (χ4v) is 2.78. The van der Waals surface area contributed by atoms with E-state index in [9.17, 15) is 9.59 Å². The van der Waals surface area contributed by atoms with Gasteiger partial charge in [0, 0.05) is 17.7 Å². The predicted molar refractivity (Wildman–Crippen MR) is 106 cm³/mol. The second-order valence-corrected chi connectivity index (χ2v) is 6.54. The standard InChI is InChI=1S/C20H21Cl2NO4/c1-3-4-11-23-17(24)12-27-16-10-9-15(18(21)19(16)22)20(25)13-5-7-14(26-2)8-6-13/h5-10H,3-4,11-12H2,1-2H3,(H,23,24). The first kappa shape index (κ1) is 21.1. The number of hydrogen-bond acceptors (Lipinski definition) is 4. The summed E-state index contributed by atoms with van der Waals surface area (Å²) in [6.07, 6.45) is 1.90. The number of unbranched alkanes of at least 4 members (excludes halogenated alkanes) is 1. The molecule has 2 rings (SSSR count). The molecule has 0 aliphatic heterocycles. The first-order valence-corrected chi connectivity index (χ1v) is 9.29. The Balaban J connectivity index is 2.09. The van der Waals surface area contributed by atoms with Crippen LogP contribution in [-0.2, 0) is 4.79 Å². The number of methoxy groups -OCH3 is 1. The lowest BCUT2D eigenvalue weighted by atomic mass is 10.0. The van der Waals surface area contributed by atoms with Gasteiger partial charge in [0.05, 0.1) is 12.1 Å². The number of carbonyl (C=O) groups excluding carboxylic acids is 2. The molecule has 1 amide bonds. The van der Waals surface area contributed by atoms with Gasteiger partial charge >= 0.3 is 0 Å². The van der Waals surface area contributed by atoms with Crippen molar-refractivity contribution >= 4 is 34.9 Å². The first-order chi connectivity index (χ1) is 13.0. The van der Waals surface area contributed by atoms with Crippen molar-refractivity contribution in [1.29, 1.82) is 0 Å². The number of halogens is 2. The Bertz CT molecular complexity index is 806. The molecule has 0 saturated heterocycles. The molecular formula is C20H21Cl2NO4. The third-order valence-electron chi connectivity index (χ3n) is 3.85. The van der Waals surface area contributed by atoms with E-state index in [2.05, 4.69) is 5.32 Å². The summed E-state index contributed by atoms with van der Waals surface area (Å²) in [5.41, 5.74) is 0.712. The van der Waals surface area contributed by atoms with Gasteiger partial charge in [-0.1, -0.05) is 36.5 Å². The molecule has 0 aliphatic rings. The van der Waals surface area contributed by atoms with E-state index >= 15 is 0 Å². The van der Waals surface area contributed by atoms with Crippen molar-refractivity contribution in [2.24, 2.45) is 0 Å². The van der Waals surface area contributed by atoms with E-state index in [0.29, 0.717) is 17.9 Å². The topological polar surface area (TPSA) is 64.6 Å². The maximum Gasteiger partial charge on any atom is 0.257 e. The van der Waals surface area contributed by atoms with E-state index in [-0.39, 0.29) is 39.7 Å². The van der Waals surface area contributed by atoms with Crippen LogP contribution in [0.5, 0.6) is 11.5 Å². The quantitative estimate of drug-likeness (QED) is 0.488. The lowest BCUT2D eigenvalue weighted by molar-refractivity contribution is -0.123. The third-order valence-corrected chi connectivity index (χ3v) is 4.72. The zero-order chi connectivity index (χ0) is 19.8. The van der Waals surface area contributed by atoms with Crippen molar-refractivity contribution in [2.75, 3.05) is 20.3 Å². The fraction of sp³-hybridized carbons (Fsp3) is 0.300. The van der Waals surface area contributed by atoms with Crippen molar-refractivity contribution in [3.05, 3.63) is 57.6 Å². The number of amides is 1. The maximum absolute atomic E-state index is 12.7. The van der Waals surface area contributed by atoms with E-state index < -0.39 is 0 Å². The minimum absolute atomic E-state index is 0.0846. The second-order valence-electron chi connectivity index (χ2n) is 5.79. The van der Waals surface area contributed by atoms with Gasteiger partial charge in [0.15, 0.2) is 12.4 Å². The zero-order valence-electron chi connectivity index (χ0n) is 15.2. The Hall–Kier alpha value is -2.24. The summed E-state index contributed by atoms with van der Waals surface area (Å²) >= 11 is 12.5. The Labute approximate surface area is 168 Å². The maximum atomic E-state index is 12.7. The van der Waals surface area contributed by atoms with Crippen molar-refractivity contribution in [1.82, 2.24) is 5.32 Å². The van der Waals surface area contributed by atoms with Crippen LogP contribution in [-0.4, -0.2) is 32.0 Å². The molecule has 0 saturated carbocycles. The normalized spacial score (nSPS) is 10.4. The van der Waals surface area contributed by atoms with Crippen LogP contribution in [0.4, 0.5) is 0 Å². The van der Waals surface area contributed by atoms with Crippen LogP contribution in [0.2, 0.25) is 10.0 Å². The highest BCUT2D eigenvalue weighted by atomic mass is 35.5. The molecule has 0 aliphatic carbocycles. The molecule has 1 N–H and O–H groups in total. The van der Waals surface area contributed by atoms with Gasteiger partial charge in [-0.25, -0.2) is 0 Å². The molecule has 0 fully saturated rings. The molecule has 7 heteroatoms. The van der Waals surface area contributed by atoms with Crippen molar-refractivity contribution < 1.29 is 19.1 Å². The van der Waals surface area contributed by atoms with E-state index in [4.69, 9.17) is 32.7 Å². The third kappa shape index (κ3) is 5.62. The van der Waals surface area contributed by atoms with Crippen LogP contribution in [0.15, 0.2) is 36.4 Å². The van der Waals surface area contributed by atoms with E-state index in [1.54, 1.807) is 31.4 Å². The summed E-state index contributed by atoms with van der Waals surface area (Å²) in [7, 11) is 1.55. The minimum Gasteiger partial charge on any atom is -0.497 e. The summed E-state index contributed by atoms with van der Waals surface area (Å²) < 4.78 is 10.5. The highest BCUT2D eigenvalue weighted by Crippen LogP contribution is 2.35. The number of rotatable bonds is 9. The molecule has 0 aromatic heterocycles. The molecule has 2 aromatic rings. The Morgan fingerprint density at radius 3 is 2.37 bits per heavy atom. The van der Waals surface area contributed by atoms with E-state index in [1.165, 1.54) is 12.1 Å². The van der Waals surface area contributed by atoms with E-state index in [1.807, 2.05) is 6.92 Å². The average Bonchev–Trinajstić information content (AvgIpc) is 2.69. The molecule has 27 heavy (non-hydrogen) atoms. The molecule has 0 bridgehead atoms. The van der Waals surface area contributed by atoms with Crippen LogP contribution in [0.1, 0.15) is 35.7 Å². The Morgan fingerprint density at radius 2 is 1.74 bits per heavy atom. The predicted octanol–water partition coefficient (Wildman–Crippen LogP) is 4.53. The van der Waals surface area contributed by atoms with Gasteiger partial charge in [-0.2, -0.15) is 0 Å². The SMILES string of the molecule is CCCCNC(=O)COc1ccc(C(=O)c2ccc(OC)cc2)c(Cl)c1Cl. The van der Waals surface area contributed by atoms with Gasteiger partial charge in [-0.05, 0) is 42.8 Å². The van der Waals surface area contributed by atoms with Crippen LogP contribution >= 0.6 is 23.2 Å². The molecule has 144 valence electrons. The highest BCUT2D eigenvalue weighted by molar-refractivity contribution is 6.45. The van der Waals surface area contributed by atoms with Crippen LogP contribution in [0.25, 0.3) is 0 Å². The number of ketones is 1. The Morgan fingerprint density at radius 1 is 1.04 bits per heavy atom. The average molecular weight is 410 g/mol. The summed E-state index contributed by atoms with van der Waals surface area (Å²) in [4.78, 5) is 24.4. The number of nitrogens with one attached hydrogen (secondary N) is 1. The lowest BCUT2D eigenvalue weighted by Gasteiger charge is -2.12. The monoisotopic (exact) mass is 409 g/mol. The van der Waals surface area contributed by atoms with Gasteiger partial charge in [0.1, 0.15) is 16.5 Å². The molecular weight excluding hydrogens is 389 g/mol. The van der Waals surface area contributed by atoms with Crippen LogP contribution in [0, 0.1) is 0 Å². The molecule has 0 radical (unpaired) electrons. The summed E-state index contributed by atoms with van der Waals surface area (Å²) in [6, 6.07) is 9.75. The highest BCUT2D eigenvalue weighted by Gasteiger charge is 2.18. The zero-order valence-corrected chi connectivity index (χ0v) is 16.7. The van der Waals surface area contributed by atoms with Crippen LogP contribution in [0.3, 0.4) is 0 Å². The number of benzene rings is 2. The van der Waals surface area contributed by atoms with Crippen molar-refractivity contribution in [3.63, 3.8) is 0 Å². The molecule has 0 heterocycles. The number of ether oxygens (including phenoxy) is 2. The second kappa shape index (κ2) is 10.2. The number of hydrogen-bond donors (Lipinski definition) is 1. The molecule has 2 aromatic carbocycles. The fourth-order valence-electron chi connectivity index (χ4n) is 2.32. The molecule has 0 unspecified atom stereocenters. The van der Waals surface area contributed by atoms with Crippen LogP contribution < -0.4 is 14.8 Å². The van der Waals surface area contributed by atoms with Gasteiger partial charge in [0.2, 0.25) is 0 Å². The summed E-state index contributed by atoms with van der Waals surface area (Å²) in [5.74, 6) is 0.387. The molecule has 0 atom stereocenters. The number of carbonyl (C=O) groups is 2. The lowest BCUT2D eigenvalue weighted by Crippen LogP contribution is -2.29. The smallest absolute Gasteiger partial charge is 0.257 e. The van der Waals surface area contributed by atoms with Gasteiger partial charge in [-0.3, -0.25) is 9.59 Å². The van der Waals surface area contributed by atoms with Gasteiger partial charge in [0.25, 0.3) is 5.91 Å². The summed E-state index contributed by atoms with van der Waals surface area (Å²) in [5, 5.41) is 2.92. The largest absolute Gasteiger partial charge is 0.497 e. The Kier molecular flexibility index (Phi) is 7.95. The molecule has 5 nitrogen and oxygen atoms in total. The minimum atomic E-state index is -0.270. The van der Waals surface area contributed by atoms with Crippen molar-refractivity contribution in [3.8, 4) is 11.5 Å². The molecule has 0 spiro atoms. The summed E-state index contributed by atoms with van der Waals surface area (Å²) in [6.45, 7) is 2.47. The van der Waals surface area contributed by atoms with Crippen molar-refractivity contribution in [2.45, 2.75) is 19.8 Å². The van der Waals surface area contributed by atoms with E-state index in [0.717, 1.165) is 12.8 Å². The first-order valence-electron chi connectivity index (χ1n) is 8.54. The van der Waals surface area contributed by atoms with Gasteiger partial charge in [-0.15, -0.1) is 0 Å².